The highest BCUT2D eigenvalue weighted by Gasteiger charge is 2.15. The number of rotatable bonds is 6. The van der Waals surface area contributed by atoms with Gasteiger partial charge in [-0.3, -0.25) is 0 Å². The van der Waals surface area contributed by atoms with E-state index in [1.807, 2.05) is 0 Å². The fraction of sp³-hybridized carbons (Fsp3) is 0.200. The number of sulfonamides is 1. The molecule has 0 spiro atoms. The maximum Gasteiger partial charge on any atom is 0.240 e. The average Bonchev–Trinajstić information content (AvgIpc) is 2.47. The molecule has 0 amide bonds. The van der Waals surface area contributed by atoms with E-state index < -0.39 is 15.8 Å². The summed E-state index contributed by atoms with van der Waals surface area (Å²) in [5.41, 5.74) is 1.06. The average molecular weight is 309 g/mol. The second-order valence-corrected chi connectivity index (χ2v) is 6.26. The molecule has 112 valence electrons. The number of nitrogens with one attached hydrogen (secondary N) is 1. The van der Waals surface area contributed by atoms with E-state index in [0.29, 0.717) is 12.2 Å². The fourth-order valence-electron chi connectivity index (χ4n) is 1.87. The molecule has 0 radical (unpaired) electrons. The molecule has 0 aliphatic heterocycles. The highest BCUT2D eigenvalue weighted by molar-refractivity contribution is 7.89. The smallest absolute Gasteiger partial charge is 0.240 e. The van der Waals surface area contributed by atoms with E-state index in [4.69, 9.17) is 4.74 Å². The van der Waals surface area contributed by atoms with Gasteiger partial charge in [-0.05, 0) is 23.8 Å². The summed E-state index contributed by atoms with van der Waals surface area (Å²) in [4.78, 5) is 0.133. The molecule has 6 heteroatoms. The molecule has 0 heterocycles. The Kier molecular flexibility index (Phi) is 5.06. The molecule has 2 rings (SSSR count). The molecule has 0 bridgehead atoms. The van der Waals surface area contributed by atoms with Gasteiger partial charge in [-0.15, -0.1) is 0 Å². The van der Waals surface area contributed by atoms with E-state index in [0.717, 1.165) is 5.56 Å². The minimum atomic E-state index is -3.69. The lowest BCUT2D eigenvalue weighted by atomic mass is 10.2. The second kappa shape index (κ2) is 6.80. The van der Waals surface area contributed by atoms with Gasteiger partial charge in [-0.1, -0.05) is 30.3 Å². The molecular weight excluding hydrogens is 293 g/mol. The molecule has 0 saturated carbocycles. The third kappa shape index (κ3) is 4.10. The molecule has 2 aromatic rings. The highest BCUT2D eigenvalue weighted by atomic mass is 32.2. The number of ether oxygens (including phenoxy) is 1. The van der Waals surface area contributed by atoms with Crippen molar-refractivity contribution in [3.8, 4) is 0 Å². The maximum absolute atomic E-state index is 13.5. The molecule has 2 aromatic carbocycles. The first-order valence-corrected chi connectivity index (χ1v) is 7.82. The predicted molar refractivity (Wildman–Crippen MR) is 77.6 cm³/mol. The van der Waals surface area contributed by atoms with E-state index in [1.165, 1.54) is 25.3 Å². The molecule has 0 unspecified atom stereocenters. The normalized spacial score (nSPS) is 11.5. The Morgan fingerprint density at radius 2 is 1.90 bits per heavy atom. The Balaban J connectivity index is 2.15. The lowest BCUT2D eigenvalue weighted by Gasteiger charge is -2.09. The van der Waals surface area contributed by atoms with Crippen molar-refractivity contribution in [2.75, 3.05) is 7.11 Å². The summed E-state index contributed by atoms with van der Waals surface area (Å²) in [6.07, 6.45) is 0. The molecular formula is C15H16FNO3S. The topological polar surface area (TPSA) is 55.4 Å². The van der Waals surface area contributed by atoms with E-state index in [9.17, 15) is 12.8 Å². The zero-order valence-electron chi connectivity index (χ0n) is 11.5. The second-order valence-electron chi connectivity index (χ2n) is 4.50. The summed E-state index contributed by atoms with van der Waals surface area (Å²) in [5.74, 6) is -0.437. The first kappa shape index (κ1) is 15.6. The molecule has 21 heavy (non-hydrogen) atoms. The SMILES string of the molecule is COCc1cccc(S(=O)(=O)NCc2ccccc2F)c1. The van der Waals surface area contributed by atoms with Gasteiger partial charge in [0.1, 0.15) is 5.82 Å². The van der Waals surface area contributed by atoms with Crippen molar-refractivity contribution in [3.05, 3.63) is 65.5 Å². The number of hydrogen-bond acceptors (Lipinski definition) is 3. The lowest BCUT2D eigenvalue weighted by Crippen LogP contribution is -2.23. The maximum atomic E-state index is 13.5. The van der Waals surface area contributed by atoms with Gasteiger partial charge in [-0.25, -0.2) is 17.5 Å². The first-order chi connectivity index (χ1) is 10.0. The Hall–Kier alpha value is -1.76. The number of methoxy groups -OCH3 is 1. The van der Waals surface area contributed by atoms with Gasteiger partial charge in [0.05, 0.1) is 11.5 Å². The van der Waals surface area contributed by atoms with E-state index in [-0.39, 0.29) is 11.4 Å². The third-order valence-electron chi connectivity index (χ3n) is 2.93. The Morgan fingerprint density at radius 1 is 1.14 bits per heavy atom. The van der Waals surface area contributed by atoms with Crippen molar-refractivity contribution in [3.63, 3.8) is 0 Å². The van der Waals surface area contributed by atoms with E-state index >= 15 is 0 Å². The van der Waals surface area contributed by atoms with Crippen molar-refractivity contribution < 1.29 is 17.5 Å². The van der Waals surface area contributed by atoms with Crippen LogP contribution in [0.15, 0.2) is 53.4 Å². The lowest BCUT2D eigenvalue weighted by molar-refractivity contribution is 0.184. The van der Waals surface area contributed by atoms with Crippen molar-refractivity contribution in [1.82, 2.24) is 4.72 Å². The summed E-state index contributed by atoms with van der Waals surface area (Å²) >= 11 is 0. The van der Waals surface area contributed by atoms with Crippen molar-refractivity contribution >= 4 is 10.0 Å². The van der Waals surface area contributed by atoms with Gasteiger partial charge in [0.15, 0.2) is 0 Å². The standard InChI is InChI=1S/C15H16FNO3S/c1-20-11-12-5-4-7-14(9-12)21(18,19)17-10-13-6-2-3-8-15(13)16/h2-9,17H,10-11H2,1H3. The van der Waals surface area contributed by atoms with Crippen molar-refractivity contribution in [2.24, 2.45) is 0 Å². The van der Waals surface area contributed by atoms with Gasteiger partial charge >= 0.3 is 0 Å². The fourth-order valence-corrected chi connectivity index (χ4v) is 2.94. The van der Waals surface area contributed by atoms with Crippen LogP contribution in [0.4, 0.5) is 4.39 Å². The highest BCUT2D eigenvalue weighted by Crippen LogP contribution is 2.13. The predicted octanol–water partition coefficient (Wildman–Crippen LogP) is 2.45. The molecule has 0 aliphatic carbocycles. The van der Waals surface area contributed by atoms with Gasteiger partial charge < -0.3 is 4.74 Å². The van der Waals surface area contributed by atoms with Crippen LogP contribution in [0.2, 0.25) is 0 Å². The Bertz CT molecular complexity index is 716. The molecule has 4 nitrogen and oxygen atoms in total. The summed E-state index contributed by atoms with van der Waals surface area (Å²) in [5, 5.41) is 0. The van der Waals surface area contributed by atoms with Crippen LogP contribution in [0.3, 0.4) is 0 Å². The van der Waals surface area contributed by atoms with Gasteiger partial charge in [0.2, 0.25) is 10.0 Å². The van der Waals surface area contributed by atoms with Gasteiger partial charge in [-0.2, -0.15) is 0 Å². The molecule has 0 fully saturated rings. The van der Waals surface area contributed by atoms with Crippen LogP contribution in [-0.4, -0.2) is 15.5 Å². The Labute approximate surface area is 123 Å². The summed E-state index contributed by atoms with van der Waals surface area (Å²) < 4.78 is 45.2. The van der Waals surface area contributed by atoms with Crippen LogP contribution in [0.1, 0.15) is 11.1 Å². The monoisotopic (exact) mass is 309 g/mol. The molecule has 0 saturated heterocycles. The quantitative estimate of drug-likeness (QED) is 0.892. The summed E-state index contributed by atoms with van der Waals surface area (Å²) in [7, 11) is -2.15. The largest absolute Gasteiger partial charge is 0.380 e. The zero-order valence-corrected chi connectivity index (χ0v) is 12.4. The number of hydrogen-bond donors (Lipinski definition) is 1. The zero-order chi connectivity index (χ0) is 15.3. The number of halogens is 1. The van der Waals surface area contributed by atoms with Crippen LogP contribution in [0.5, 0.6) is 0 Å². The van der Waals surface area contributed by atoms with Crippen LogP contribution < -0.4 is 4.72 Å². The van der Waals surface area contributed by atoms with Crippen LogP contribution >= 0.6 is 0 Å². The molecule has 0 aliphatic rings. The molecule has 1 N–H and O–H groups in total. The van der Waals surface area contributed by atoms with Crippen molar-refractivity contribution in [2.45, 2.75) is 18.0 Å². The minimum absolute atomic E-state index is 0.0937. The van der Waals surface area contributed by atoms with Gasteiger partial charge in [0, 0.05) is 19.2 Å². The number of benzene rings is 2. The first-order valence-electron chi connectivity index (χ1n) is 6.34. The minimum Gasteiger partial charge on any atom is -0.380 e. The summed E-state index contributed by atoms with van der Waals surface area (Å²) in [6.45, 7) is 0.236. The van der Waals surface area contributed by atoms with E-state index in [1.54, 1.807) is 30.3 Å². The van der Waals surface area contributed by atoms with Crippen molar-refractivity contribution in [1.29, 1.82) is 0 Å². The van der Waals surface area contributed by atoms with E-state index in [2.05, 4.69) is 4.72 Å². The van der Waals surface area contributed by atoms with Gasteiger partial charge in [0.25, 0.3) is 0 Å². The third-order valence-corrected chi connectivity index (χ3v) is 4.33. The summed E-state index contributed by atoms with van der Waals surface area (Å²) in [6, 6.07) is 12.5. The van der Waals surface area contributed by atoms with Crippen LogP contribution in [0.25, 0.3) is 0 Å². The Morgan fingerprint density at radius 3 is 2.62 bits per heavy atom. The van der Waals surface area contributed by atoms with Crippen LogP contribution in [0, 0.1) is 5.82 Å². The molecule has 0 atom stereocenters. The molecule has 0 aromatic heterocycles. The van der Waals surface area contributed by atoms with Crippen LogP contribution in [-0.2, 0) is 27.9 Å².